The quantitative estimate of drug-likeness (QED) is 0.341. The van der Waals surface area contributed by atoms with Crippen molar-refractivity contribution in [3.8, 4) is 0 Å². The maximum Gasteiger partial charge on any atom is 2.00 e. The average molecular weight is 411 g/mol. The normalized spacial score (nSPS) is 27.3. The molecule has 2 aromatic heterocycles. The number of phosphoric ester groups is 1. The maximum absolute atomic E-state index is 10.5. The van der Waals surface area contributed by atoms with Gasteiger partial charge >= 0.3 is 19.5 Å². The predicted molar refractivity (Wildman–Crippen MR) is 69.2 cm³/mol. The summed E-state index contributed by atoms with van der Waals surface area (Å²) in [6.07, 6.45) is -2.75. The molecule has 0 amide bonds. The minimum atomic E-state index is -5.22. The van der Waals surface area contributed by atoms with Gasteiger partial charge in [0.25, 0.3) is 0 Å². The number of nitrogen functional groups attached to an aromatic ring is 1. The zero-order valence-electron chi connectivity index (χ0n) is 12.1. The van der Waals surface area contributed by atoms with Crippen LogP contribution in [0.1, 0.15) is 6.23 Å². The number of nitrogens with zero attached hydrogens (tertiary/aromatic N) is 4. The molecule has 14 heteroatoms. The number of rotatable bonds is 4. The smallest absolute Gasteiger partial charge is 0.790 e. The van der Waals surface area contributed by atoms with E-state index in [-0.39, 0.29) is 36.5 Å². The summed E-state index contributed by atoms with van der Waals surface area (Å²) in [4.78, 5) is 32.8. The first-order valence-corrected chi connectivity index (χ1v) is 7.85. The number of anilines is 1. The van der Waals surface area contributed by atoms with Gasteiger partial charge in [0.15, 0.2) is 17.7 Å². The molecule has 0 aromatic carbocycles. The Bertz CT molecular complexity index is 769. The molecule has 4 atom stereocenters. The third kappa shape index (κ3) is 3.63. The molecular formula is C10H12N5O7PZn. The van der Waals surface area contributed by atoms with E-state index in [9.17, 15) is 24.6 Å². The number of aromatic nitrogens is 4. The van der Waals surface area contributed by atoms with Gasteiger partial charge in [-0.05, 0) is 0 Å². The van der Waals surface area contributed by atoms with E-state index in [1.165, 1.54) is 17.2 Å². The van der Waals surface area contributed by atoms with E-state index in [0.717, 1.165) is 0 Å². The number of fused-ring (bicyclic) bond motifs is 1. The Labute approximate surface area is 147 Å². The van der Waals surface area contributed by atoms with E-state index < -0.39 is 39.0 Å². The SMILES string of the molecule is Nc1ncnc2c1ncn2[C@@H]1O[C@H](COP(=O)([O-])[O-])[C@@H](O)[C@H]1O.[Zn+2]. The van der Waals surface area contributed by atoms with Crippen LogP contribution in [0.5, 0.6) is 0 Å². The van der Waals surface area contributed by atoms with Gasteiger partial charge in [0.2, 0.25) is 0 Å². The number of hydrogen-bond donors (Lipinski definition) is 3. The molecule has 1 fully saturated rings. The van der Waals surface area contributed by atoms with Crippen molar-refractivity contribution in [1.29, 1.82) is 0 Å². The Hall–Kier alpha value is -1.04. The number of hydrogen-bond acceptors (Lipinski definition) is 11. The van der Waals surface area contributed by atoms with E-state index >= 15 is 0 Å². The first-order chi connectivity index (χ1) is 10.8. The molecular weight excluding hydrogens is 399 g/mol. The minimum Gasteiger partial charge on any atom is -0.790 e. The van der Waals surface area contributed by atoms with E-state index in [1.807, 2.05) is 0 Å². The fraction of sp³-hybridized carbons (Fsp3) is 0.500. The van der Waals surface area contributed by atoms with E-state index in [1.54, 1.807) is 0 Å². The Kier molecular flexibility index (Phi) is 5.68. The van der Waals surface area contributed by atoms with Gasteiger partial charge in [-0.3, -0.25) is 4.57 Å². The molecule has 3 rings (SSSR count). The first-order valence-electron chi connectivity index (χ1n) is 6.39. The monoisotopic (exact) mass is 409 g/mol. The maximum atomic E-state index is 10.5. The zero-order chi connectivity index (χ0) is 16.8. The summed E-state index contributed by atoms with van der Waals surface area (Å²) in [6, 6.07) is 0. The summed E-state index contributed by atoms with van der Waals surface area (Å²) in [5, 5.41) is 20.0. The molecule has 1 aliphatic rings. The minimum absolute atomic E-state index is 0. The Morgan fingerprint density at radius 2 is 2.04 bits per heavy atom. The van der Waals surface area contributed by atoms with E-state index in [0.29, 0.717) is 0 Å². The molecule has 3 heterocycles. The number of aliphatic hydroxyl groups is 2. The number of aliphatic hydroxyl groups excluding tert-OH is 2. The number of ether oxygens (including phenoxy) is 1. The van der Waals surface area contributed by atoms with Crippen molar-refractivity contribution in [3.05, 3.63) is 12.7 Å². The van der Waals surface area contributed by atoms with Crippen LogP contribution in [0.3, 0.4) is 0 Å². The van der Waals surface area contributed by atoms with Gasteiger partial charge in [0.05, 0.1) is 20.8 Å². The summed E-state index contributed by atoms with van der Waals surface area (Å²) in [7, 11) is -5.22. The van der Waals surface area contributed by atoms with Gasteiger partial charge in [-0.15, -0.1) is 0 Å². The Balaban J connectivity index is 0.00000208. The standard InChI is InChI=1S/C10H14N5O7P.Zn/c11-8-5-9(13-2-12-8)15(3-14-5)10-7(17)6(16)4(22-10)1-21-23(18,19)20;/h2-4,6-7,10,16-17H,1H2,(H2,11,12,13)(H2,18,19,20);/q;+2/p-2/t4-,6-,7-,10-;/m1./s1. The number of phosphoric acid groups is 1. The average Bonchev–Trinajstić information content (AvgIpc) is 3.01. The van der Waals surface area contributed by atoms with Crippen molar-refractivity contribution in [2.24, 2.45) is 0 Å². The van der Waals surface area contributed by atoms with Crippen LogP contribution in [-0.2, 0) is 33.3 Å². The van der Waals surface area contributed by atoms with Crippen LogP contribution in [0.25, 0.3) is 11.2 Å². The van der Waals surface area contributed by atoms with Crippen LogP contribution in [0.15, 0.2) is 12.7 Å². The first kappa shape index (κ1) is 19.3. The van der Waals surface area contributed by atoms with Crippen molar-refractivity contribution < 1.29 is 53.3 Å². The summed E-state index contributed by atoms with van der Waals surface area (Å²) < 4.78 is 21.3. The molecule has 2 aromatic rings. The summed E-state index contributed by atoms with van der Waals surface area (Å²) in [5.41, 5.74) is 6.19. The van der Waals surface area contributed by atoms with Crippen LogP contribution in [0.2, 0.25) is 0 Å². The number of imidazole rings is 1. The molecule has 12 nitrogen and oxygen atoms in total. The van der Waals surface area contributed by atoms with Crippen LogP contribution in [-0.4, -0.2) is 54.7 Å². The second-order valence-electron chi connectivity index (χ2n) is 4.87. The molecule has 0 spiro atoms. The van der Waals surface area contributed by atoms with Crippen LogP contribution in [0.4, 0.5) is 5.82 Å². The summed E-state index contributed by atoms with van der Waals surface area (Å²) in [6.45, 7) is -0.719. The molecule has 0 aliphatic carbocycles. The van der Waals surface area contributed by atoms with E-state index in [4.69, 9.17) is 10.5 Å². The fourth-order valence-corrected chi connectivity index (χ4v) is 2.65. The predicted octanol–water partition coefficient (Wildman–Crippen LogP) is -3.13. The van der Waals surface area contributed by atoms with Gasteiger partial charge in [-0.1, -0.05) is 0 Å². The topological polar surface area (TPSA) is 192 Å². The fourth-order valence-electron chi connectivity index (χ4n) is 2.32. The molecule has 4 N–H and O–H groups in total. The van der Waals surface area contributed by atoms with E-state index in [2.05, 4.69) is 19.5 Å². The van der Waals surface area contributed by atoms with Gasteiger partial charge in [0, 0.05) is 0 Å². The molecule has 24 heavy (non-hydrogen) atoms. The zero-order valence-corrected chi connectivity index (χ0v) is 16.0. The summed E-state index contributed by atoms with van der Waals surface area (Å²) >= 11 is 0. The third-order valence-corrected chi connectivity index (χ3v) is 3.86. The van der Waals surface area contributed by atoms with Crippen molar-refractivity contribution >= 4 is 24.8 Å². The summed E-state index contributed by atoms with van der Waals surface area (Å²) in [5.74, 6) is 0.125. The molecule has 126 valence electrons. The largest absolute Gasteiger partial charge is 2.00 e. The van der Waals surface area contributed by atoms with Crippen molar-refractivity contribution in [2.45, 2.75) is 24.5 Å². The van der Waals surface area contributed by atoms with Crippen molar-refractivity contribution in [2.75, 3.05) is 12.3 Å². The second-order valence-corrected chi connectivity index (χ2v) is 6.02. The molecule has 1 saturated heterocycles. The van der Waals surface area contributed by atoms with Gasteiger partial charge in [-0.2, -0.15) is 0 Å². The third-order valence-electron chi connectivity index (χ3n) is 3.40. The van der Waals surface area contributed by atoms with Gasteiger partial charge in [-0.25, -0.2) is 15.0 Å². The van der Waals surface area contributed by atoms with Crippen molar-refractivity contribution in [1.82, 2.24) is 19.5 Å². The molecule has 0 saturated carbocycles. The van der Waals surface area contributed by atoms with Crippen LogP contribution >= 0.6 is 7.82 Å². The Morgan fingerprint density at radius 1 is 1.33 bits per heavy atom. The van der Waals surface area contributed by atoms with Gasteiger partial charge in [0.1, 0.15) is 30.2 Å². The van der Waals surface area contributed by atoms with Crippen LogP contribution < -0.4 is 15.5 Å². The van der Waals surface area contributed by atoms with Gasteiger partial charge < -0.3 is 39.6 Å². The molecule has 0 unspecified atom stereocenters. The molecule has 1 aliphatic heterocycles. The molecule has 0 radical (unpaired) electrons. The Morgan fingerprint density at radius 3 is 2.71 bits per heavy atom. The van der Waals surface area contributed by atoms with Crippen molar-refractivity contribution in [3.63, 3.8) is 0 Å². The van der Waals surface area contributed by atoms with Crippen LogP contribution in [0, 0.1) is 0 Å². The molecule has 0 bridgehead atoms. The number of nitrogens with two attached hydrogens (primary N) is 1. The second kappa shape index (κ2) is 7.06.